The van der Waals surface area contributed by atoms with Crippen LogP contribution in [0.3, 0.4) is 0 Å². The number of hydrogen-bond donors (Lipinski definition) is 1. The van der Waals surface area contributed by atoms with E-state index in [0.29, 0.717) is 5.92 Å². The summed E-state index contributed by atoms with van der Waals surface area (Å²) in [6.45, 7) is 5.13. The number of benzene rings is 1. The lowest BCUT2D eigenvalue weighted by molar-refractivity contribution is 0.197. The Bertz CT molecular complexity index is 851. The maximum absolute atomic E-state index is 6.09. The molecule has 0 spiro atoms. The van der Waals surface area contributed by atoms with Crippen molar-refractivity contribution >= 4 is 0 Å². The summed E-state index contributed by atoms with van der Waals surface area (Å²) in [6.07, 6.45) is 8.15. The van der Waals surface area contributed by atoms with Crippen LogP contribution in [0.2, 0.25) is 0 Å². The molecule has 0 bridgehead atoms. The number of aryl methyl sites for hydroxylation is 2. The topological polar surface area (TPSA) is 59.0 Å². The molecule has 0 amide bonds. The quantitative estimate of drug-likeness (QED) is 0.763. The van der Waals surface area contributed by atoms with E-state index in [2.05, 4.69) is 45.4 Å². The van der Waals surface area contributed by atoms with Gasteiger partial charge in [-0.15, -0.1) is 0 Å². The third-order valence-corrected chi connectivity index (χ3v) is 4.96. The lowest BCUT2D eigenvalue weighted by Crippen LogP contribution is -2.34. The molecule has 6 nitrogen and oxygen atoms in total. The molecule has 1 saturated heterocycles. The summed E-state index contributed by atoms with van der Waals surface area (Å²) in [6, 6.07) is 8.13. The first-order valence-corrected chi connectivity index (χ1v) is 9.15. The highest BCUT2D eigenvalue weighted by atomic mass is 16.5. The Morgan fingerprint density at radius 3 is 2.85 bits per heavy atom. The minimum atomic E-state index is 0.406. The summed E-state index contributed by atoms with van der Waals surface area (Å²) < 4.78 is 7.95. The van der Waals surface area contributed by atoms with Crippen LogP contribution < -0.4 is 4.74 Å². The van der Waals surface area contributed by atoms with Gasteiger partial charge in [-0.3, -0.25) is 14.7 Å². The van der Waals surface area contributed by atoms with Crippen LogP contribution in [0.25, 0.3) is 0 Å². The van der Waals surface area contributed by atoms with Gasteiger partial charge < -0.3 is 4.74 Å². The van der Waals surface area contributed by atoms with Gasteiger partial charge in [-0.25, -0.2) is 0 Å². The standard InChI is InChI=1S/C20H25N5O/c1-15-5-7-18(8-6-15)26-19-11-21-23-20(19)17-4-3-9-25(14-17)13-16-10-22-24(2)12-16/h5-8,10-12,17H,3-4,9,13-14H2,1-2H3,(H,21,23). The Kier molecular flexibility index (Phi) is 4.75. The molecule has 0 radical (unpaired) electrons. The van der Waals surface area contributed by atoms with Gasteiger partial charge in [-0.1, -0.05) is 17.7 Å². The monoisotopic (exact) mass is 351 g/mol. The van der Waals surface area contributed by atoms with E-state index in [1.807, 2.05) is 30.1 Å². The number of ether oxygens (including phenoxy) is 1. The Labute approximate surface area is 153 Å². The molecule has 0 aliphatic carbocycles. The van der Waals surface area contributed by atoms with E-state index in [9.17, 15) is 0 Å². The van der Waals surface area contributed by atoms with Gasteiger partial charge >= 0.3 is 0 Å². The number of nitrogens with one attached hydrogen (secondary N) is 1. The number of aromatic nitrogens is 4. The molecular formula is C20H25N5O. The zero-order valence-corrected chi connectivity index (χ0v) is 15.4. The fraction of sp³-hybridized carbons (Fsp3) is 0.400. The first kappa shape index (κ1) is 16.8. The molecule has 2 aromatic heterocycles. The molecule has 1 atom stereocenters. The number of piperidine rings is 1. The van der Waals surface area contributed by atoms with Crippen LogP contribution in [0.15, 0.2) is 42.9 Å². The molecule has 6 heteroatoms. The molecule has 1 aliphatic rings. The zero-order chi connectivity index (χ0) is 17.9. The van der Waals surface area contributed by atoms with Crippen molar-refractivity contribution in [2.24, 2.45) is 7.05 Å². The van der Waals surface area contributed by atoms with Crippen molar-refractivity contribution in [3.63, 3.8) is 0 Å². The maximum atomic E-state index is 6.09. The van der Waals surface area contributed by atoms with Gasteiger partial charge in [0.15, 0.2) is 5.75 Å². The molecule has 1 aliphatic heterocycles. The van der Waals surface area contributed by atoms with Crippen molar-refractivity contribution in [1.82, 2.24) is 24.9 Å². The second-order valence-electron chi connectivity index (χ2n) is 7.16. The average Bonchev–Trinajstić information content (AvgIpc) is 3.26. The summed E-state index contributed by atoms with van der Waals surface area (Å²) in [5, 5.41) is 11.7. The van der Waals surface area contributed by atoms with Gasteiger partial charge in [0.25, 0.3) is 0 Å². The zero-order valence-electron chi connectivity index (χ0n) is 15.4. The summed E-state index contributed by atoms with van der Waals surface area (Å²) in [7, 11) is 1.96. The van der Waals surface area contributed by atoms with E-state index in [0.717, 1.165) is 43.2 Å². The highest BCUT2D eigenvalue weighted by Crippen LogP contribution is 2.34. The first-order valence-electron chi connectivity index (χ1n) is 9.15. The number of aromatic amines is 1. The maximum Gasteiger partial charge on any atom is 0.168 e. The van der Waals surface area contributed by atoms with Crippen molar-refractivity contribution < 1.29 is 4.74 Å². The molecule has 3 aromatic rings. The minimum Gasteiger partial charge on any atom is -0.454 e. The normalized spacial score (nSPS) is 18.2. The molecular weight excluding hydrogens is 326 g/mol. The Morgan fingerprint density at radius 1 is 1.23 bits per heavy atom. The smallest absolute Gasteiger partial charge is 0.168 e. The van der Waals surface area contributed by atoms with E-state index in [4.69, 9.17) is 4.74 Å². The Balaban J connectivity index is 1.45. The lowest BCUT2D eigenvalue weighted by atomic mass is 9.94. The molecule has 1 unspecified atom stereocenters. The Morgan fingerprint density at radius 2 is 2.08 bits per heavy atom. The van der Waals surface area contributed by atoms with Crippen LogP contribution in [0.5, 0.6) is 11.5 Å². The number of hydrogen-bond acceptors (Lipinski definition) is 4. The molecule has 1 aromatic carbocycles. The van der Waals surface area contributed by atoms with Crippen molar-refractivity contribution in [3.05, 3.63) is 59.7 Å². The number of rotatable bonds is 5. The van der Waals surface area contributed by atoms with Crippen molar-refractivity contribution in [1.29, 1.82) is 0 Å². The molecule has 26 heavy (non-hydrogen) atoms. The van der Waals surface area contributed by atoms with E-state index < -0.39 is 0 Å². The van der Waals surface area contributed by atoms with Gasteiger partial charge in [0.2, 0.25) is 0 Å². The van der Waals surface area contributed by atoms with Crippen molar-refractivity contribution in [2.75, 3.05) is 13.1 Å². The summed E-state index contributed by atoms with van der Waals surface area (Å²) in [4.78, 5) is 2.49. The summed E-state index contributed by atoms with van der Waals surface area (Å²) in [5.74, 6) is 2.09. The van der Waals surface area contributed by atoms with E-state index in [1.54, 1.807) is 6.20 Å². The van der Waals surface area contributed by atoms with E-state index in [-0.39, 0.29) is 0 Å². The molecule has 136 valence electrons. The number of likely N-dealkylation sites (tertiary alicyclic amines) is 1. The van der Waals surface area contributed by atoms with Gasteiger partial charge in [-0.05, 0) is 38.4 Å². The highest BCUT2D eigenvalue weighted by Gasteiger charge is 2.26. The van der Waals surface area contributed by atoms with E-state index >= 15 is 0 Å². The first-order chi connectivity index (χ1) is 12.7. The van der Waals surface area contributed by atoms with Gasteiger partial charge in [0, 0.05) is 37.8 Å². The average molecular weight is 351 g/mol. The third kappa shape index (κ3) is 3.80. The van der Waals surface area contributed by atoms with Gasteiger partial charge in [-0.2, -0.15) is 10.2 Å². The fourth-order valence-corrected chi connectivity index (χ4v) is 3.64. The van der Waals surface area contributed by atoms with Crippen LogP contribution in [0.1, 0.15) is 35.6 Å². The van der Waals surface area contributed by atoms with Crippen LogP contribution in [0, 0.1) is 6.92 Å². The molecule has 1 fully saturated rings. The van der Waals surface area contributed by atoms with Crippen LogP contribution in [-0.4, -0.2) is 38.0 Å². The minimum absolute atomic E-state index is 0.406. The lowest BCUT2D eigenvalue weighted by Gasteiger charge is -2.32. The van der Waals surface area contributed by atoms with Crippen molar-refractivity contribution in [2.45, 2.75) is 32.2 Å². The number of H-pyrrole nitrogens is 1. The van der Waals surface area contributed by atoms with Crippen molar-refractivity contribution in [3.8, 4) is 11.5 Å². The van der Waals surface area contributed by atoms with Crippen LogP contribution in [-0.2, 0) is 13.6 Å². The molecule has 4 rings (SSSR count). The van der Waals surface area contributed by atoms with Crippen LogP contribution >= 0.6 is 0 Å². The largest absolute Gasteiger partial charge is 0.454 e. The second kappa shape index (κ2) is 7.33. The number of nitrogens with zero attached hydrogens (tertiary/aromatic N) is 4. The third-order valence-electron chi connectivity index (χ3n) is 4.96. The van der Waals surface area contributed by atoms with Gasteiger partial charge in [0.05, 0.1) is 18.1 Å². The van der Waals surface area contributed by atoms with E-state index in [1.165, 1.54) is 17.5 Å². The predicted octanol–water partition coefficient (Wildman–Crippen LogP) is 3.62. The molecule has 1 N–H and O–H groups in total. The molecule has 3 heterocycles. The second-order valence-corrected chi connectivity index (χ2v) is 7.16. The Hall–Kier alpha value is -2.60. The predicted molar refractivity (Wildman–Crippen MR) is 100 cm³/mol. The summed E-state index contributed by atoms with van der Waals surface area (Å²) in [5.41, 5.74) is 3.58. The molecule has 0 saturated carbocycles. The highest BCUT2D eigenvalue weighted by molar-refractivity contribution is 5.35. The van der Waals surface area contributed by atoms with Crippen LogP contribution in [0.4, 0.5) is 0 Å². The fourth-order valence-electron chi connectivity index (χ4n) is 3.64. The summed E-state index contributed by atoms with van der Waals surface area (Å²) >= 11 is 0. The van der Waals surface area contributed by atoms with Gasteiger partial charge in [0.1, 0.15) is 5.75 Å². The SMILES string of the molecule is Cc1ccc(Oc2cn[nH]c2C2CCCN(Cc3cnn(C)c3)C2)cc1.